The Morgan fingerprint density at radius 1 is 1.56 bits per heavy atom. The molecule has 1 fully saturated rings. The Balaban J connectivity index is 1.96. The molecule has 2 rings (SSSR count). The van der Waals surface area contributed by atoms with Gasteiger partial charge in [0.05, 0.1) is 19.3 Å². The molecular weight excluding hydrogens is 232 g/mol. The maximum atomic E-state index is 12.0. The van der Waals surface area contributed by atoms with Crippen LogP contribution in [0.15, 0.2) is 10.5 Å². The molecule has 0 aliphatic carbocycles. The number of hydrogen-bond acceptors (Lipinski definition) is 4. The molecule has 5 heteroatoms. The summed E-state index contributed by atoms with van der Waals surface area (Å²) in [6.45, 7) is 7.59. The van der Waals surface area contributed by atoms with Crippen LogP contribution in [-0.4, -0.2) is 31.7 Å². The first-order chi connectivity index (χ1) is 8.58. The Bertz CT molecular complexity index is 422. The molecule has 18 heavy (non-hydrogen) atoms. The van der Waals surface area contributed by atoms with E-state index in [0.717, 1.165) is 23.6 Å². The predicted molar refractivity (Wildman–Crippen MR) is 67.3 cm³/mol. The van der Waals surface area contributed by atoms with E-state index in [1.165, 1.54) is 0 Å². The van der Waals surface area contributed by atoms with Crippen molar-refractivity contribution in [2.75, 3.05) is 19.8 Å². The molecule has 1 amide bonds. The maximum absolute atomic E-state index is 12.0. The molecule has 5 nitrogen and oxygen atoms in total. The van der Waals surface area contributed by atoms with Crippen molar-refractivity contribution in [1.82, 2.24) is 10.6 Å². The number of aryl methyl sites for hydroxylation is 2. The van der Waals surface area contributed by atoms with Gasteiger partial charge in [-0.2, -0.15) is 0 Å². The van der Waals surface area contributed by atoms with Gasteiger partial charge in [-0.1, -0.05) is 0 Å². The summed E-state index contributed by atoms with van der Waals surface area (Å²) in [7, 11) is 0. The van der Waals surface area contributed by atoms with E-state index in [2.05, 4.69) is 10.6 Å². The molecule has 0 radical (unpaired) electrons. The largest absolute Gasteiger partial charge is 0.466 e. The average molecular weight is 252 g/mol. The topological polar surface area (TPSA) is 63.5 Å². The highest BCUT2D eigenvalue weighted by Gasteiger charge is 2.23. The third kappa shape index (κ3) is 2.91. The summed E-state index contributed by atoms with van der Waals surface area (Å²) in [6.07, 6.45) is 0. The minimum atomic E-state index is -0.255. The van der Waals surface area contributed by atoms with Crippen molar-refractivity contribution >= 4 is 5.91 Å². The van der Waals surface area contributed by atoms with Gasteiger partial charge in [0, 0.05) is 12.1 Å². The molecular formula is C13H20N2O3. The first-order valence-electron chi connectivity index (χ1n) is 6.26. The van der Waals surface area contributed by atoms with Crippen molar-refractivity contribution in [3.8, 4) is 0 Å². The van der Waals surface area contributed by atoms with E-state index in [4.69, 9.17) is 9.15 Å². The first kappa shape index (κ1) is 13.1. The number of furan rings is 1. The van der Waals surface area contributed by atoms with Crippen molar-refractivity contribution in [3.05, 3.63) is 23.2 Å². The molecule has 2 heterocycles. The zero-order valence-corrected chi connectivity index (χ0v) is 11.1. The van der Waals surface area contributed by atoms with Gasteiger partial charge in [0.25, 0.3) is 0 Å². The second-order valence-electron chi connectivity index (χ2n) is 4.68. The number of morpholine rings is 1. The van der Waals surface area contributed by atoms with Crippen LogP contribution in [0.25, 0.3) is 0 Å². The van der Waals surface area contributed by atoms with Gasteiger partial charge in [-0.05, 0) is 26.8 Å². The van der Waals surface area contributed by atoms with E-state index >= 15 is 0 Å². The molecule has 100 valence electrons. The summed E-state index contributed by atoms with van der Waals surface area (Å²) >= 11 is 0. The van der Waals surface area contributed by atoms with Gasteiger partial charge in [0.15, 0.2) is 0 Å². The van der Waals surface area contributed by atoms with E-state index < -0.39 is 0 Å². The molecule has 1 aliphatic rings. The van der Waals surface area contributed by atoms with Gasteiger partial charge in [0.2, 0.25) is 5.91 Å². The van der Waals surface area contributed by atoms with Crippen LogP contribution >= 0.6 is 0 Å². The molecule has 1 aromatic heterocycles. The van der Waals surface area contributed by atoms with Crippen molar-refractivity contribution in [1.29, 1.82) is 0 Å². The standard InChI is InChI=1S/C13H20N2O3/c1-8-6-11(10(3)18-8)9(2)15-13(16)12-7-17-5-4-14-12/h6,9,12,14H,4-5,7H2,1-3H3,(H,15,16). The normalized spacial score (nSPS) is 21.6. The molecule has 0 saturated carbocycles. The fourth-order valence-electron chi connectivity index (χ4n) is 2.21. The lowest BCUT2D eigenvalue weighted by atomic mass is 10.1. The van der Waals surface area contributed by atoms with Crippen LogP contribution in [-0.2, 0) is 9.53 Å². The summed E-state index contributed by atoms with van der Waals surface area (Å²) in [4.78, 5) is 12.0. The highest BCUT2D eigenvalue weighted by Crippen LogP contribution is 2.21. The highest BCUT2D eigenvalue weighted by molar-refractivity contribution is 5.82. The van der Waals surface area contributed by atoms with E-state index in [0.29, 0.717) is 13.2 Å². The third-order valence-corrected chi connectivity index (χ3v) is 3.14. The number of carbonyl (C=O) groups excluding carboxylic acids is 1. The second-order valence-corrected chi connectivity index (χ2v) is 4.68. The molecule has 1 aromatic rings. The fourth-order valence-corrected chi connectivity index (χ4v) is 2.21. The average Bonchev–Trinajstić information content (AvgIpc) is 2.69. The minimum absolute atomic E-state index is 0.0274. The first-order valence-corrected chi connectivity index (χ1v) is 6.26. The van der Waals surface area contributed by atoms with Crippen LogP contribution in [0.3, 0.4) is 0 Å². The summed E-state index contributed by atoms with van der Waals surface area (Å²) in [5.74, 6) is 1.69. The van der Waals surface area contributed by atoms with Gasteiger partial charge in [0.1, 0.15) is 17.6 Å². The van der Waals surface area contributed by atoms with Gasteiger partial charge < -0.3 is 19.8 Å². The fraction of sp³-hybridized carbons (Fsp3) is 0.615. The molecule has 0 spiro atoms. The molecule has 0 bridgehead atoms. The van der Waals surface area contributed by atoms with Crippen LogP contribution in [0.1, 0.15) is 30.0 Å². The van der Waals surface area contributed by atoms with E-state index in [1.807, 2.05) is 26.8 Å². The molecule has 1 aliphatic heterocycles. The van der Waals surface area contributed by atoms with Crippen LogP contribution in [0.5, 0.6) is 0 Å². The van der Waals surface area contributed by atoms with Crippen LogP contribution in [0.4, 0.5) is 0 Å². The van der Waals surface area contributed by atoms with E-state index in [9.17, 15) is 4.79 Å². The summed E-state index contributed by atoms with van der Waals surface area (Å²) in [6, 6.07) is 1.65. The lowest BCUT2D eigenvalue weighted by molar-refractivity contribution is -0.126. The van der Waals surface area contributed by atoms with E-state index in [1.54, 1.807) is 0 Å². The number of rotatable bonds is 3. The quantitative estimate of drug-likeness (QED) is 0.844. The van der Waals surface area contributed by atoms with Crippen LogP contribution < -0.4 is 10.6 Å². The Hall–Kier alpha value is -1.33. The lowest BCUT2D eigenvalue weighted by Crippen LogP contribution is -2.51. The second kappa shape index (κ2) is 5.54. The molecule has 2 unspecified atom stereocenters. The third-order valence-electron chi connectivity index (χ3n) is 3.14. The predicted octanol–water partition coefficient (Wildman–Crippen LogP) is 1.06. The van der Waals surface area contributed by atoms with E-state index in [-0.39, 0.29) is 18.0 Å². The number of carbonyl (C=O) groups is 1. The smallest absolute Gasteiger partial charge is 0.240 e. The Morgan fingerprint density at radius 2 is 2.33 bits per heavy atom. The van der Waals surface area contributed by atoms with Gasteiger partial charge in [-0.25, -0.2) is 0 Å². The zero-order chi connectivity index (χ0) is 13.1. The van der Waals surface area contributed by atoms with Crippen molar-refractivity contribution in [3.63, 3.8) is 0 Å². The van der Waals surface area contributed by atoms with Crippen molar-refractivity contribution in [2.24, 2.45) is 0 Å². The Labute approximate surface area is 107 Å². The van der Waals surface area contributed by atoms with Crippen LogP contribution in [0, 0.1) is 13.8 Å². The number of hydrogen-bond donors (Lipinski definition) is 2. The highest BCUT2D eigenvalue weighted by atomic mass is 16.5. The number of ether oxygens (including phenoxy) is 1. The molecule has 0 aromatic carbocycles. The minimum Gasteiger partial charge on any atom is -0.466 e. The molecule has 1 saturated heterocycles. The lowest BCUT2D eigenvalue weighted by Gasteiger charge is -2.24. The Kier molecular flexibility index (Phi) is 4.04. The van der Waals surface area contributed by atoms with Crippen molar-refractivity contribution < 1.29 is 13.9 Å². The summed E-state index contributed by atoms with van der Waals surface area (Å²) < 4.78 is 10.7. The van der Waals surface area contributed by atoms with Crippen LogP contribution in [0.2, 0.25) is 0 Å². The number of nitrogens with one attached hydrogen (secondary N) is 2. The molecule has 2 atom stereocenters. The zero-order valence-electron chi connectivity index (χ0n) is 11.1. The monoisotopic (exact) mass is 252 g/mol. The van der Waals surface area contributed by atoms with Gasteiger partial charge >= 0.3 is 0 Å². The number of amides is 1. The SMILES string of the molecule is Cc1cc(C(C)NC(=O)C2COCCN2)c(C)o1. The van der Waals surface area contributed by atoms with Gasteiger partial charge in [-0.15, -0.1) is 0 Å². The maximum Gasteiger partial charge on any atom is 0.240 e. The van der Waals surface area contributed by atoms with Crippen molar-refractivity contribution in [2.45, 2.75) is 32.9 Å². The Morgan fingerprint density at radius 3 is 2.89 bits per heavy atom. The summed E-state index contributed by atoms with van der Waals surface area (Å²) in [5.41, 5.74) is 1.03. The summed E-state index contributed by atoms with van der Waals surface area (Å²) in [5, 5.41) is 6.11. The van der Waals surface area contributed by atoms with Gasteiger partial charge in [-0.3, -0.25) is 4.79 Å². The molecule has 2 N–H and O–H groups in total.